The zero-order valence-electron chi connectivity index (χ0n) is 8.28. The number of H-pyrrole nitrogens is 1. The van der Waals surface area contributed by atoms with Crippen LogP contribution in [0.2, 0.25) is 5.15 Å². The van der Waals surface area contributed by atoms with E-state index in [2.05, 4.69) is 15.3 Å². The van der Waals surface area contributed by atoms with Gasteiger partial charge in [-0.3, -0.25) is 9.89 Å². The second kappa shape index (κ2) is 3.51. The van der Waals surface area contributed by atoms with Gasteiger partial charge in [0.2, 0.25) is 0 Å². The Morgan fingerprint density at radius 3 is 2.53 bits per heavy atom. The second-order valence-corrected chi connectivity index (χ2v) is 3.60. The third-order valence-corrected chi connectivity index (χ3v) is 2.41. The lowest BCUT2D eigenvalue weighted by Crippen LogP contribution is -2.17. The standard InChI is InChI=1S/C9H9ClN4O/c1-5-6(2)13-14(9(5)15)8-4-3-7(10)11-12-8/h3-4,13H,1-2H3. The van der Waals surface area contributed by atoms with E-state index >= 15 is 0 Å². The van der Waals surface area contributed by atoms with Gasteiger partial charge in [-0.1, -0.05) is 11.6 Å². The Balaban J connectivity index is 2.59. The average Bonchev–Trinajstić information content (AvgIpc) is 2.47. The van der Waals surface area contributed by atoms with Crippen molar-refractivity contribution in [3.05, 3.63) is 38.9 Å². The van der Waals surface area contributed by atoms with Crippen molar-refractivity contribution >= 4 is 11.6 Å². The first-order valence-electron chi connectivity index (χ1n) is 4.37. The van der Waals surface area contributed by atoms with Gasteiger partial charge in [-0.05, 0) is 26.0 Å². The highest BCUT2D eigenvalue weighted by Crippen LogP contribution is 2.05. The van der Waals surface area contributed by atoms with Crippen LogP contribution in [0.1, 0.15) is 11.3 Å². The number of nitrogens with one attached hydrogen (secondary N) is 1. The highest BCUT2D eigenvalue weighted by atomic mass is 35.5. The molecule has 2 rings (SSSR count). The minimum absolute atomic E-state index is 0.121. The predicted octanol–water partition coefficient (Wildman–Crippen LogP) is 1.23. The molecule has 0 aromatic carbocycles. The Hall–Kier alpha value is -1.62. The molecule has 15 heavy (non-hydrogen) atoms. The summed E-state index contributed by atoms with van der Waals surface area (Å²) in [5, 5.41) is 10.7. The molecular formula is C9H9ClN4O. The van der Waals surface area contributed by atoms with E-state index in [-0.39, 0.29) is 5.56 Å². The molecule has 0 aliphatic heterocycles. The normalized spacial score (nSPS) is 10.6. The maximum atomic E-state index is 11.7. The molecule has 0 saturated carbocycles. The van der Waals surface area contributed by atoms with Crippen molar-refractivity contribution in [2.24, 2.45) is 0 Å². The fraction of sp³-hybridized carbons (Fsp3) is 0.222. The van der Waals surface area contributed by atoms with E-state index in [9.17, 15) is 4.79 Å². The van der Waals surface area contributed by atoms with Crippen LogP contribution in [-0.4, -0.2) is 20.0 Å². The van der Waals surface area contributed by atoms with Crippen molar-refractivity contribution < 1.29 is 0 Å². The van der Waals surface area contributed by atoms with Crippen LogP contribution in [0.4, 0.5) is 0 Å². The number of hydrogen-bond acceptors (Lipinski definition) is 3. The van der Waals surface area contributed by atoms with Gasteiger partial charge in [0, 0.05) is 11.3 Å². The minimum atomic E-state index is -0.121. The smallest absolute Gasteiger partial charge is 0.275 e. The minimum Gasteiger partial charge on any atom is -0.294 e. The molecule has 2 aromatic heterocycles. The lowest BCUT2D eigenvalue weighted by molar-refractivity contribution is 0.782. The zero-order chi connectivity index (χ0) is 11.0. The molecule has 0 radical (unpaired) electrons. The number of aromatic amines is 1. The Bertz CT molecular complexity index is 540. The first-order chi connectivity index (χ1) is 7.09. The van der Waals surface area contributed by atoms with E-state index in [0.29, 0.717) is 16.5 Å². The van der Waals surface area contributed by atoms with Gasteiger partial charge in [0.25, 0.3) is 5.56 Å². The Morgan fingerprint density at radius 2 is 2.07 bits per heavy atom. The zero-order valence-corrected chi connectivity index (χ0v) is 9.04. The van der Waals surface area contributed by atoms with Crippen molar-refractivity contribution in [1.82, 2.24) is 20.0 Å². The van der Waals surface area contributed by atoms with E-state index in [0.717, 1.165) is 5.69 Å². The van der Waals surface area contributed by atoms with Crippen LogP contribution >= 0.6 is 11.6 Å². The maximum absolute atomic E-state index is 11.7. The average molecular weight is 225 g/mol. The summed E-state index contributed by atoms with van der Waals surface area (Å²) in [5.74, 6) is 0.431. The number of nitrogens with zero attached hydrogens (tertiary/aromatic N) is 3. The van der Waals surface area contributed by atoms with Crippen molar-refractivity contribution in [2.45, 2.75) is 13.8 Å². The van der Waals surface area contributed by atoms with E-state index in [4.69, 9.17) is 11.6 Å². The summed E-state index contributed by atoms with van der Waals surface area (Å²) in [5.41, 5.74) is 1.37. The lowest BCUT2D eigenvalue weighted by Gasteiger charge is -1.98. The highest BCUT2D eigenvalue weighted by molar-refractivity contribution is 6.29. The van der Waals surface area contributed by atoms with Gasteiger partial charge in [-0.25, -0.2) is 0 Å². The summed E-state index contributed by atoms with van der Waals surface area (Å²) in [7, 11) is 0. The number of aryl methyl sites for hydroxylation is 1. The van der Waals surface area contributed by atoms with Crippen LogP contribution in [0.15, 0.2) is 16.9 Å². The van der Waals surface area contributed by atoms with Crippen LogP contribution in [0, 0.1) is 13.8 Å². The third kappa shape index (κ3) is 1.66. The quantitative estimate of drug-likeness (QED) is 0.792. The number of halogens is 1. The van der Waals surface area contributed by atoms with Gasteiger partial charge in [-0.15, -0.1) is 10.2 Å². The Morgan fingerprint density at radius 1 is 1.33 bits per heavy atom. The molecule has 0 bridgehead atoms. The first kappa shape index (κ1) is 9.92. The van der Waals surface area contributed by atoms with Crippen molar-refractivity contribution in [3.63, 3.8) is 0 Å². The summed E-state index contributed by atoms with van der Waals surface area (Å²) in [6.07, 6.45) is 0. The molecule has 0 saturated heterocycles. The Labute approximate surface area is 90.7 Å². The second-order valence-electron chi connectivity index (χ2n) is 3.22. The number of rotatable bonds is 1. The molecule has 78 valence electrons. The van der Waals surface area contributed by atoms with Crippen LogP contribution in [-0.2, 0) is 0 Å². The van der Waals surface area contributed by atoms with Crippen LogP contribution in [0.5, 0.6) is 0 Å². The molecule has 6 heteroatoms. The topological polar surface area (TPSA) is 63.6 Å². The van der Waals surface area contributed by atoms with E-state index < -0.39 is 0 Å². The van der Waals surface area contributed by atoms with Gasteiger partial charge in [0.05, 0.1) is 0 Å². The molecule has 0 aliphatic carbocycles. The van der Waals surface area contributed by atoms with E-state index in [1.807, 2.05) is 6.92 Å². The van der Waals surface area contributed by atoms with Crippen LogP contribution in [0.3, 0.4) is 0 Å². The predicted molar refractivity (Wildman–Crippen MR) is 56.5 cm³/mol. The molecule has 0 spiro atoms. The fourth-order valence-electron chi connectivity index (χ4n) is 1.22. The number of hydrogen-bond donors (Lipinski definition) is 1. The van der Waals surface area contributed by atoms with Gasteiger partial charge >= 0.3 is 0 Å². The summed E-state index contributed by atoms with van der Waals surface area (Å²) in [4.78, 5) is 11.7. The Kier molecular flexibility index (Phi) is 2.32. The summed E-state index contributed by atoms with van der Waals surface area (Å²) in [6, 6.07) is 3.22. The molecular weight excluding hydrogens is 216 g/mol. The molecule has 2 heterocycles. The van der Waals surface area contributed by atoms with E-state index in [1.54, 1.807) is 19.1 Å². The molecule has 5 nitrogen and oxygen atoms in total. The van der Waals surface area contributed by atoms with Gasteiger partial charge in [0.1, 0.15) is 0 Å². The molecule has 1 N–H and O–H groups in total. The molecule has 2 aromatic rings. The number of aromatic nitrogens is 4. The molecule has 0 unspecified atom stereocenters. The molecule has 0 fully saturated rings. The van der Waals surface area contributed by atoms with Crippen LogP contribution in [0.25, 0.3) is 5.82 Å². The highest BCUT2D eigenvalue weighted by Gasteiger charge is 2.08. The van der Waals surface area contributed by atoms with Crippen molar-refractivity contribution in [3.8, 4) is 5.82 Å². The van der Waals surface area contributed by atoms with Gasteiger partial charge in [-0.2, -0.15) is 4.68 Å². The van der Waals surface area contributed by atoms with E-state index in [1.165, 1.54) is 4.68 Å². The largest absolute Gasteiger partial charge is 0.294 e. The fourth-order valence-corrected chi connectivity index (χ4v) is 1.32. The summed E-state index contributed by atoms with van der Waals surface area (Å²) in [6.45, 7) is 3.59. The molecule has 0 atom stereocenters. The van der Waals surface area contributed by atoms with Crippen LogP contribution < -0.4 is 5.56 Å². The molecule has 0 aliphatic rings. The summed E-state index contributed by atoms with van der Waals surface area (Å²) >= 11 is 5.60. The van der Waals surface area contributed by atoms with Crippen molar-refractivity contribution in [2.75, 3.05) is 0 Å². The SMILES string of the molecule is Cc1[nH]n(-c2ccc(Cl)nn2)c(=O)c1C. The lowest BCUT2D eigenvalue weighted by atomic mass is 10.3. The monoisotopic (exact) mass is 224 g/mol. The third-order valence-electron chi connectivity index (χ3n) is 2.21. The van der Waals surface area contributed by atoms with Gasteiger partial charge < -0.3 is 0 Å². The molecule has 0 amide bonds. The van der Waals surface area contributed by atoms with Gasteiger partial charge in [0.15, 0.2) is 11.0 Å². The first-order valence-corrected chi connectivity index (χ1v) is 4.75. The summed E-state index contributed by atoms with van der Waals surface area (Å²) < 4.78 is 1.34. The van der Waals surface area contributed by atoms with Crippen molar-refractivity contribution in [1.29, 1.82) is 0 Å². The maximum Gasteiger partial charge on any atom is 0.275 e.